The number of carbonyl (C=O) groups excluding carboxylic acids is 1. The van der Waals surface area contributed by atoms with Crippen molar-refractivity contribution in [2.75, 3.05) is 13.1 Å². The lowest BCUT2D eigenvalue weighted by atomic mass is 10.3. The van der Waals surface area contributed by atoms with Gasteiger partial charge in [0, 0.05) is 13.1 Å². The van der Waals surface area contributed by atoms with Gasteiger partial charge < -0.3 is 27.0 Å². The lowest BCUT2D eigenvalue weighted by molar-refractivity contribution is -0.138. The van der Waals surface area contributed by atoms with Gasteiger partial charge in [0.25, 0.3) is 0 Å². The molecule has 0 fully saturated rings. The third kappa shape index (κ3) is 5.12. The molecule has 0 saturated carbocycles. The molecule has 7 N–H and O–H groups in total. The molecule has 0 saturated heterocycles. The van der Waals surface area contributed by atoms with E-state index in [0.29, 0.717) is 0 Å². The van der Waals surface area contributed by atoms with Crippen LogP contribution in [0.3, 0.4) is 0 Å². The molecule has 0 aromatic carbocycles. The number of hydrogen-bond acceptors (Lipinski definition) is 5. The molecule has 0 spiro atoms. The highest BCUT2D eigenvalue weighted by Crippen LogP contribution is 1.79. The van der Waals surface area contributed by atoms with Crippen LogP contribution in [-0.2, 0) is 9.59 Å². The zero-order valence-corrected chi connectivity index (χ0v) is 6.93. The minimum Gasteiger partial charge on any atom is -0.480 e. The highest BCUT2D eigenvalue weighted by atomic mass is 16.4. The van der Waals surface area contributed by atoms with E-state index in [-0.39, 0.29) is 13.1 Å². The molecule has 76 valence electrons. The van der Waals surface area contributed by atoms with Gasteiger partial charge in [-0.2, -0.15) is 0 Å². The Kier molecular flexibility index (Phi) is 4.97. The molecular weight excluding hydrogens is 178 g/mol. The van der Waals surface area contributed by atoms with Crippen LogP contribution in [0.15, 0.2) is 0 Å². The van der Waals surface area contributed by atoms with Gasteiger partial charge in [-0.15, -0.1) is 0 Å². The largest absolute Gasteiger partial charge is 0.480 e. The molecule has 13 heavy (non-hydrogen) atoms. The smallest absolute Gasteiger partial charge is 0.321 e. The zero-order chi connectivity index (χ0) is 10.4. The van der Waals surface area contributed by atoms with Gasteiger partial charge in [0.05, 0.1) is 0 Å². The third-order valence-corrected chi connectivity index (χ3v) is 1.35. The van der Waals surface area contributed by atoms with Gasteiger partial charge in [-0.1, -0.05) is 0 Å². The van der Waals surface area contributed by atoms with Crippen LogP contribution in [0.5, 0.6) is 0 Å². The Hall–Kier alpha value is -1.18. The molecule has 0 heterocycles. The van der Waals surface area contributed by atoms with Gasteiger partial charge in [-0.3, -0.25) is 9.59 Å². The first kappa shape index (κ1) is 11.8. The molecule has 0 aromatic rings. The topological polar surface area (TPSA) is 139 Å². The number of aliphatic carboxylic acids is 1. The van der Waals surface area contributed by atoms with Crippen molar-refractivity contribution in [3.8, 4) is 0 Å². The number of aliphatic hydroxyl groups excluding tert-OH is 1. The van der Waals surface area contributed by atoms with E-state index in [1.807, 2.05) is 0 Å². The summed E-state index contributed by atoms with van der Waals surface area (Å²) in [6.07, 6.45) is -1.32. The van der Waals surface area contributed by atoms with Crippen molar-refractivity contribution in [3.63, 3.8) is 0 Å². The minimum atomic E-state index is -1.32. The van der Waals surface area contributed by atoms with Crippen molar-refractivity contribution in [1.29, 1.82) is 0 Å². The minimum absolute atomic E-state index is 0.0281. The number of primary amides is 1. The molecule has 0 aromatic heterocycles. The molecule has 2 atom stereocenters. The molecule has 7 heteroatoms. The number of amides is 1. The first-order valence-electron chi connectivity index (χ1n) is 3.61. The van der Waals surface area contributed by atoms with Crippen LogP contribution in [0.25, 0.3) is 0 Å². The van der Waals surface area contributed by atoms with Gasteiger partial charge in [-0.05, 0) is 0 Å². The van der Waals surface area contributed by atoms with E-state index in [2.05, 4.69) is 5.32 Å². The number of nitrogens with two attached hydrogens (primary N) is 2. The molecule has 7 nitrogen and oxygen atoms in total. The maximum atomic E-state index is 10.3. The third-order valence-electron chi connectivity index (χ3n) is 1.35. The lowest BCUT2D eigenvalue weighted by Crippen LogP contribution is -2.45. The van der Waals surface area contributed by atoms with Gasteiger partial charge >= 0.3 is 5.97 Å². The summed E-state index contributed by atoms with van der Waals surface area (Å²) >= 11 is 0. The summed E-state index contributed by atoms with van der Waals surface area (Å²) in [6.45, 7) is -0.129. The van der Waals surface area contributed by atoms with Crippen LogP contribution in [-0.4, -0.2) is 47.3 Å². The number of rotatable bonds is 6. The summed E-state index contributed by atoms with van der Waals surface area (Å²) < 4.78 is 0. The van der Waals surface area contributed by atoms with Crippen LogP contribution in [0.1, 0.15) is 0 Å². The Bertz CT molecular complexity index is 176. The monoisotopic (exact) mass is 191 g/mol. The maximum Gasteiger partial charge on any atom is 0.321 e. The van der Waals surface area contributed by atoms with E-state index in [4.69, 9.17) is 21.7 Å². The van der Waals surface area contributed by atoms with Crippen molar-refractivity contribution < 1.29 is 19.8 Å². The number of aliphatic hydroxyl groups is 1. The fourth-order valence-corrected chi connectivity index (χ4v) is 0.563. The number of carboxylic acid groups (broad SMARTS) is 1. The van der Waals surface area contributed by atoms with Crippen molar-refractivity contribution in [3.05, 3.63) is 0 Å². The molecule has 0 bridgehead atoms. The number of carbonyl (C=O) groups is 2. The summed E-state index contributed by atoms with van der Waals surface area (Å²) in [5.74, 6) is -2.02. The average Bonchev–Trinajstić information content (AvgIpc) is 2.03. The number of hydrogen-bond donors (Lipinski definition) is 5. The fourth-order valence-electron chi connectivity index (χ4n) is 0.563. The quantitative estimate of drug-likeness (QED) is 0.300. The zero-order valence-electron chi connectivity index (χ0n) is 6.93. The van der Waals surface area contributed by atoms with E-state index >= 15 is 0 Å². The second kappa shape index (κ2) is 5.46. The maximum absolute atomic E-state index is 10.3. The van der Waals surface area contributed by atoms with E-state index in [1.54, 1.807) is 0 Å². The van der Waals surface area contributed by atoms with Gasteiger partial charge in [0.1, 0.15) is 12.1 Å². The summed E-state index contributed by atoms with van der Waals surface area (Å²) in [7, 11) is 0. The summed E-state index contributed by atoms with van der Waals surface area (Å²) in [5.41, 5.74) is 9.86. The molecular formula is C6H13N3O4. The van der Waals surface area contributed by atoms with E-state index in [1.165, 1.54) is 0 Å². The Morgan fingerprint density at radius 2 is 1.92 bits per heavy atom. The Morgan fingerprint density at radius 3 is 2.31 bits per heavy atom. The summed E-state index contributed by atoms with van der Waals surface area (Å²) in [5, 5.41) is 19.7. The normalized spacial score (nSPS) is 14.9. The van der Waals surface area contributed by atoms with Crippen LogP contribution in [0, 0.1) is 0 Å². The first-order chi connectivity index (χ1) is 5.95. The summed E-state index contributed by atoms with van der Waals surface area (Å²) in [6, 6.07) is -1.06. The van der Waals surface area contributed by atoms with Crippen LogP contribution >= 0.6 is 0 Å². The standard InChI is InChI=1S/C6H13N3O4/c7-3(6(12)13)1-9-2-4(10)5(8)11/h3-4,9-10H,1-2,7H2,(H2,8,11)(H,12,13). The van der Waals surface area contributed by atoms with Crippen LogP contribution in [0.2, 0.25) is 0 Å². The fraction of sp³-hybridized carbons (Fsp3) is 0.667. The van der Waals surface area contributed by atoms with E-state index < -0.39 is 24.0 Å². The highest BCUT2D eigenvalue weighted by molar-refractivity contribution is 5.78. The molecule has 0 aliphatic rings. The molecule has 0 radical (unpaired) electrons. The highest BCUT2D eigenvalue weighted by Gasteiger charge is 2.13. The molecule has 0 aliphatic heterocycles. The molecule has 0 rings (SSSR count). The first-order valence-corrected chi connectivity index (χ1v) is 3.61. The lowest BCUT2D eigenvalue weighted by Gasteiger charge is -2.10. The van der Waals surface area contributed by atoms with E-state index in [9.17, 15) is 9.59 Å². The van der Waals surface area contributed by atoms with Gasteiger partial charge in [-0.25, -0.2) is 0 Å². The Labute approximate surface area is 74.7 Å². The van der Waals surface area contributed by atoms with Gasteiger partial charge in [0.15, 0.2) is 0 Å². The Morgan fingerprint density at radius 1 is 1.38 bits per heavy atom. The Balaban J connectivity index is 3.56. The average molecular weight is 191 g/mol. The second-order valence-electron chi connectivity index (χ2n) is 2.52. The van der Waals surface area contributed by atoms with Crippen LogP contribution in [0.4, 0.5) is 0 Å². The number of nitrogens with one attached hydrogen (secondary N) is 1. The van der Waals surface area contributed by atoms with Crippen molar-refractivity contribution in [1.82, 2.24) is 5.32 Å². The molecule has 1 amide bonds. The number of carboxylic acids is 1. The van der Waals surface area contributed by atoms with Crippen LogP contribution < -0.4 is 16.8 Å². The van der Waals surface area contributed by atoms with Crippen molar-refractivity contribution >= 4 is 11.9 Å². The second-order valence-corrected chi connectivity index (χ2v) is 2.52. The van der Waals surface area contributed by atoms with Crippen molar-refractivity contribution in [2.45, 2.75) is 12.1 Å². The molecule has 0 aliphatic carbocycles. The molecule has 2 unspecified atom stereocenters. The SMILES string of the molecule is NC(=O)C(O)CNCC(N)C(=O)O. The van der Waals surface area contributed by atoms with E-state index in [0.717, 1.165) is 0 Å². The van der Waals surface area contributed by atoms with Crippen molar-refractivity contribution in [2.24, 2.45) is 11.5 Å². The van der Waals surface area contributed by atoms with Gasteiger partial charge in [0.2, 0.25) is 5.91 Å². The predicted molar refractivity (Wildman–Crippen MR) is 43.7 cm³/mol. The predicted octanol–water partition coefficient (Wildman–Crippen LogP) is -3.17. The summed E-state index contributed by atoms with van der Waals surface area (Å²) in [4.78, 5) is 20.5.